The van der Waals surface area contributed by atoms with Gasteiger partial charge in [0.1, 0.15) is 35.2 Å². The molecule has 0 spiro atoms. The molecule has 0 aliphatic heterocycles. The smallest absolute Gasteiger partial charge is 0.217 e. The van der Waals surface area contributed by atoms with Crippen LogP contribution in [0.2, 0.25) is 0 Å². The minimum atomic E-state index is 0.112. The Morgan fingerprint density at radius 1 is 0.170 bits per heavy atom. The molecule has 10 atom stereocenters. The van der Waals surface area contributed by atoms with E-state index in [2.05, 4.69) is 403 Å². The lowest BCUT2D eigenvalue weighted by Crippen LogP contribution is -2.39. The summed E-state index contributed by atoms with van der Waals surface area (Å²) in [7, 11) is 10.8. The first kappa shape index (κ1) is 90.4. The Morgan fingerprint density at radius 2 is 0.401 bits per heavy atom. The quantitative estimate of drug-likeness (QED) is 0.152. The van der Waals surface area contributed by atoms with Crippen LogP contribution in [0.3, 0.4) is 0 Å². The maximum atomic E-state index is 4.88. The summed E-state index contributed by atoms with van der Waals surface area (Å²) < 4.78 is 11.5. The molecule has 0 N–H and O–H groups in total. The lowest BCUT2D eigenvalue weighted by atomic mass is 9.62. The molecule has 10 bridgehead atoms. The molecule has 10 aromatic heterocycles. The first-order chi connectivity index (χ1) is 71.6. The van der Waals surface area contributed by atoms with E-state index in [9.17, 15) is 0 Å². The molecule has 147 heavy (non-hydrogen) atoms. The first-order valence-corrected chi connectivity index (χ1v) is 51.6. The number of rotatable bonds is 5. The summed E-state index contributed by atoms with van der Waals surface area (Å²) in [6, 6.07) is 84.4. The highest BCUT2D eigenvalue weighted by Crippen LogP contribution is 2.63. The second-order valence-corrected chi connectivity index (χ2v) is 42.2. The van der Waals surface area contributed by atoms with E-state index in [0.29, 0.717) is 0 Å². The molecule has 10 heterocycles. The molecule has 0 amide bonds. The summed E-state index contributed by atoms with van der Waals surface area (Å²) in [4.78, 5) is 48.3. The van der Waals surface area contributed by atoms with Crippen LogP contribution in [0, 0.1) is 83.1 Å². The van der Waals surface area contributed by atoms with Gasteiger partial charge in [-0.3, -0.25) is 49.8 Å². The molecule has 0 radical (unpaired) electrons. The van der Waals surface area contributed by atoms with Gasteiger partial charge in [-0.25, -0.2) is 22.8 Å². The summed E-state index contributed by atoms with van der Waals surface area (Å²) in [5, 5.41) is 0. The van der Waals surface area contributed by atoms with Crippen LogP contribution >= 0.6 is 0 Å². The summed E-state index contributed by atoms with van der Waals surface area (Å²) in [5.74, 6) is 1.35. The SMILES string of the molecule is Cc1cc(C)c(C)c(-c2c3c(c(C)c[n+]2C)C2c4ccccc4C3c3nccnc32)c1.Cc1cc(C)c(C)c(-c2c3c(cc[n+]2C)C2c4ccccc4C3c3nccnc32)c1.Cc1ccc2c(c1)C1c3cc[n+](C)c(-c4ccccc4C)c3C2c2nccnc21.Cc1ccccc1-c1c2c(c(C)c[n+]1C)C1c3ccccc3C2c2nccnc21.Cc1ccccc1-c1c2c(cc[n+]1C)C1c3ccccc3C2c2nccnc21. The molecule has 0 saturated carbocycles. The first-order valence-electron chi connectivity index (χ1n) is 51.6. The predicted molar refractivity (Wildman–Crippen MR) is 574 cm³/mol. The van der Waals surface area contributed by atoms with Gasteiger partial charge in [-0.05, 0) is 236 Å². The number of benzene rings is 10. The van der Waals surface area contributed by atoms with Crippen LogP contribution in [0.5, 0.6) is 0 Å². The summed E-state index contributed by atoms with van der Waals surface area (Å²) >= 11 is 0. The third-order valence-corrected chi connectivity index (χ3v) is 33.8. The summed E-state index contributed by atoms with van der Waals surface area (Å²) in [6.07, 6.45) is 29.5. The number of aryl methyl sites for hydroxylation is 15. The lowest BCUT2D eigenvalue weighted by Gasteiger charge is -2.41. The second kappa shape index (κ2) is 34.8. The van der Waals surface area contributed by atoms with E-state index in [1.165, 1.54) is 234 Å². The number of pyridine rings is 5. The molecule has 10 unspecified atom stereocenters. The van der Waals surface area contributed by atoms with Crippen molar-refractivity contribution in [2.45, 2.75) is 142 Å². The average Bonchev–Trinajstić information content (AvgIpc) is 0.696. The van der Waals surface area contributed by atoms with Gasteiger partial charge in [-0.1, -0.05) is 199 Å². The van der Waals surface area contributed by atoms with E-state index in [1.807, 2.05) is 62.0 Å². The van der Waals surface area contributed by atoms with Gasteiger partial charge in [-0.2, -0.15) is 0 Å². The normalized spacial score (nSPS) is 18.1. The van der Waals surface area contributed by atoms with Crippen molar-refractivity contribution in [2.24, 2.45) is 35.2 Å². The Labute approximate surface area is 859 Å². The van der Waals surface area contributed by atoms with Crippen molar-refractivity contribution in [1.29, 1.82) is 0 Å². The van der Waals surface area contributed by atoms with Gasteiger partial charge >= 0.3 is 0 Å². The fourth-order valence-corrected chi connectivity index (χ4v) is 27.6. The largest absolute Gasteiger partial charge is 0.257 e. The molecule has 15 heteroatoms. The predicted octanol–water partition coefficient (Wildman–Crippen LogP) is 23.5. The fourth-order valence-electron chi connectivity index (χ4n) is 27.6. The van der Waals surface area contributed by atoms with E-state index in [-0.39, 0.29) is 59.2 Å². The van der Waals surface area contributed by atoms with Crippen molar-refractivity contribution in [3.8, 4) is 56.3 Å². The zero-order valence-corrected chi connectivity index (χ0v) is 86.1. The van der Waals surface area contributed by atoms with Gasteiger partial charge < -0.3 is 0 Å². The van der Waals surface area contributed by atoms with Crippen LogP contribution in [-0.4, -0.2) is 49.8 Å². The van der Waals surface area contributed by atoms with Crippen LogP contribution < -0.4 is 22.8 Å². The number of hydrogen-bond donors (Lipinski definition) is 0. The average molecular weight is 1910 g/mol. The van der Waals surface area contributed by atoms with Gasteiger partial charge in [0.15, 0.2) is 31.0 Å². The molecule has 712 valence electrons. The standard InChI is InChI=1S/C28H26N3.C27H24N3.2C26H22N3.C25H20N3/c1-15-12-16(2)18(4)21(13-15)28-25-22(17(3)14-31(28)5)23-19-8-6-7-9-20(19)24(25)27-26(23)29-10-11-30-27;1-15-13-16(2)17(3)21(14-15)27-24-20(9-12-30(27)4)22-18-7-5-6-8-19(18)23(24)26-25(22)28-10-11-29-26;1-15-8-4-5-9-17(15)26-23-20(16(2)14-29(26)3)21-18-10-6-7-11-19(18)22(23)25-24(21)27-12-13-28-25;1-15-8-9-18-20(14-15)21-19-10-13-29(3)26(17-7-5-4-6-16(17)2)23(19)22(18)25-24(21)27-11-12-28-25;1-15-7-3-4-8-16(15)25-22-19(11-14-28(25)2)20-17-9-5-6-10-18(17)21(22)24-23(20)26-12-13-27-24/h6-14,23-24H,1-5H3;5-14,22-23H,1-4H3;2*4-14,21-22H,1-3H3;3-14,20-21H,1-2H3/q5*+1. The number of nitrogens with zero attached hydrogens (tertiary/aromatic N) is 15. The van der Waals surface area contributed by atoms with Crippen molar-refractivity contribution in [3.05, 3.63) is 558 Å². The molecule has 15 aliphatic carbocycles. The minimum Gasteiger partial charge on any atom is -0.257 e. The van der Waals surface area contributed by atoms with Gasteiger partial charge in [0.05, 0.1) is 116 Å². The van der Waals surface area contributed by atoms with Crippen molar-refractivity contribution in [2.75, 3.05) is 0 Å². The molecule has 0 saturated heterocycles. The third-order valence-electron chi connectivity index (χ3n) is 33.8. The molecular weight excluding hydrogens is 1800 g/mol. The maximum absolute atomic E-state index is 4.88. The Morgan fingerprint density at radius 3 is 0.701 bits per heavy atom. The van der Waals surface area contributed by atoms with Crippen molar-refractivity contribution >= 4 is 0 Å². The summed E-state index contributed by atoms with van der Waals surface area (Å²) in [5.41, 5.74) is 67.7. The minimum absolute atomic E-state index is 0.112. The van der Waals surface area contributed by atoms with E-state index in [1.54, 1.807) is 0 Å². The van der Waals surface area contributed by atoms with Crippen LogP contribution in [0.4, 0.5) is 0 Å². The molecule has 35 rings (SSSR count). The Kier molecular flexibility index (Phi) is 21.4. The molecule has 0 fully saturated rings. The van der Waals surface area contributed by atoms with Crippen molar-refractivity contribution in [3.63, 3.8) is 0 Å². The summed E-state index contributed by atoms with van der Waals surface area (Å²) in [6.45, 7) is 26.5. The highest BCUT2D eigenvalue weighted by molar-refractivity contribution is 5.83. The highest BCUT2D eigenvalue weighted by atomic mass is 15.0. The second-order valence-electron chi connectivity index (χ2n) is 42.2. The Hall–Kier alpha value is -16.7. The van der Waals surface area contributed by atoms with E-state index >= 15 is 0 Å². The van der Waals surface area contributed by atoms with Gasteiger partial charge in [0, 0.05) is 147 Å². The fraction of sp³-hybridized carbons (Fsp3) is 0.205. The molecular formula is C132H114N15+5. The third kappa shape index (κ3) is 13.7. The maximum Gasteiger partial charge on any atom is 0.217 e. The van der Waals surface area contributed by atoms with Crippen LogP contribution in [-0.2, 0) is 35.2 Å². The zero-order valence-electron chi connectivity index (χ0n) is 86.1. The molecule has 10 aromatic carbocycles. The van der Waals surface area contributed by atoms with Crippen LogP contribution in [0.25, 0.3) is 56.3 Å². The van der Waals surface area contributed by atoms with Gasteiger partial charge in [0.2, 0.25) is 28.5 Å². The molecule has 20 aromatic rings. The van der Waals surface area contributed by atoms with Crippen LogP contribution in [0.15, 0.2) is 323 Å². The van der Waals surface area contributed by atoms with Crippen molar-refractivity contribution < 1.29 is 22.8 Å². The number of aromatic nitrogens is 15. The highest BCUT2D eigenvalue weighted by Gasteiger charge is 2.54. The molecule has 15 nitrogen and oxygen atoms in total. The van der Waals surface area contributed by atoms with E-state index < -0.39 is 0 Å². The lowest BCUT2D eigenvalue weighted by molar-refractivity contribution is -0.661. The van der Waals surface area contributed by atoms with E-state index in [4.69, 9.17) is 49.8 Å². The monoisotopic (exact) mass is 1910 g/mol. The Bertz CT molecular complexity index is 8830. The van der Waals surface area contributed by atoms with Gasteiger partial charge in [-0.15, -0.1) is 0 Å². The molecule has 15 aliphatic rings. The topological polar surface area (TPSA) is 148 Å². The van der Waals surface area contributed by atoms with Gasteiger partial charge in [0.25, 0.3) is 0 Å². The number of hydrogen-bond acceptors (Lipinski definition) is 10. The van der Waals surface area contributed by atoms with Crippen molar-refractivity contribution in [1.82, 2.24) is 49.8 Å². The van der Waals surface area contributed by atoms with Crippen LogP contribution in [0.1, 0.15) is 294 Å². The van der Waals surface area contributed by atoms with E-state index in [0.717, 1.165) is 56.9 Å². The Balaban J connectivity index is 0.0000000932. The zero-order chi connectivity index (χ0) is 100.